The Balaban J connectivity index is 1.58. The molecule has 6 nitrogen and oxygen atoms in total. The second-order valence-corrected chi connectivity index (χ2v) is 9.60. The molecule has 1 aliphatic carbocycles. The van der Waals surface area contributed by atoms with E-state index in [9.17, 15) is 22.0 Å². The maximum atomic E-state index is 13.8. The number of nitrogens with zero attached hydrogens (tertiary/aromatic N) is 6. The summed E-state index contributed by atoms with van der Waals surface area (Å²) >= 11 is 1.52. The SMILES string of the molecule is CCSc1cc(-c2cncc(C3CC3)c2)cnc1-c1nc2cc(C(F)(F)C(F)(F)F)nnc2n1C. The van der Waals surface area contributed by atoms with Crippen LogP contribution in [0.5, 0.6) is 0 Å². The summed E-state index contributed by atoms with van der Waals surface area (Å²) in [5.74, 6) is -3.58. The number of rotatable bonds is 6. The van der Waals surface area contributed by atoms with E-state index in [0.717, 1.165) is 34.6 Å². The molecular formula is C23H19F5N6S. The van der Waals surface area contributed by atoms with Gasteiger partial charge in [0, 0.05) is 41.7 Å². The number of alkyl halides is 5. The molecule has 1 saturated carbocycles. The van der Waals surface area contributed by atoms with Gasteiger partial charge in [-0.1, -0.05) is 6.92 Å². The van der Waals surface area contributed by atoms with Crippen LogP contribution in [-0.2, 0) is 13.0 Å². The zero-order valence-corrected chi connectivity index (χ0v) is 19.5. The van der Waals surface area contributed by atoms with Crippen molar-refractivity contribution in [3.8, 4) is 22.6 Å². The number of fused-ring (bicyclic) bond motifs is 1. The van der Waals surface area contributed by atoms with E-state index in [1.807, 2.05) is 19.2 Å². The Bertz CT molecular complexity index is 1410. The zero-order valence-electron chi connectivity index (χ0n) is 18.6. The molecule has 4 aromatic heterocycles. The predicted molar refractivity (Wildman–Crippen MR) is 121 cm³/mol. The van der Waals surface area contributed by atoms with Crippen molar-refractivity contribution in [2.45, 2.75) is 42.7 Å². The lowest BCUT2D eigenvalue weighted by molar-refractivity contribution is -0.291. The van der Waals surface area contributed by atoms with Crippen LogP contribution in [0, 0.1) is 0 Å². The van der Waals surface area contributed by atoms with Gasteiger partial charge in [-0.3, -0.25) is 9.97 Å². The van der Waals surface area contributed by atoms with Gasteiger partial charge < -0.3 is 4.57 Å². The standard InChI is InChI=1S/C23H19F5N6S/c1-3-35-17-7-15(14-6-13(9-29-10-14)12-4-5-12)11-30-19(17)21-31-16-8-18(22(24,25)23(26,27)28)32-33-20(16)34(21)2/h6-12H,3-5H2,1-2H3. The second-order valence-electron chi connectivity index (χ2n) is 8.29. The van der Waals surface area contributed by atoms with Crippen LogP contribution >= 0.6 is 11.8 Å². The van der Waals surface area contributed by atoms with Gasteiger partial charge in [0.05, 0.1) is 0 Å². The van der Waals surface area contributed by atoms with Crippen molar-refractivity contribution in [2.75, 3.05) is 5.75 Å². The van der Waals surface area contributed by atoms with Crippen molar-refractivity contribution < 1.29 is 22.0 Å². The van der Waals surface area contributed by atoms with Crippen LogP contribution in [0.4, 0.5) is 22.0 Å². The third-order valence-electron chi connectivity index (χ3n) is 5.80. The molecule has 0 saturated heterocycles. The molecule has 182 valence electrons. The second kappa shape index (κ2) is 8.51. The third-order valence-corrected chi connectivity index (χ3v) is 6.71. The summed E-state index contributed by atoms with van der Waals surface area (Å²) in [5.41, 5.74) is 1.90. The summed E-state index contributed by atoms with van der Waals surface area (Å²) in [6.07, 6.45) is 1.85. The summed E-state index contributed by atoms with van der Waals surface area (Å²) in [5, 5.41) is 6.75. The molecule has 0 unspecified atom stereocenters. The van der Waals surface area contributed by atoms with Crippen LogP contribution in [0.1, 0.15) is 36.9 Å². The topological polar surface area (TPSA) is 69.4 Å². The van der Waals surface area contributed by atoms with E-state index in [1.54, 1.807) is 19.4 Å². The largest absolute Gasteiger partial charge is 0.459 e. The Morgan fingerprint density at radius 3 is 2.43 bits per heavy atom. The molecule has 12 heteroatoms. The van der Waals surface area contributed by atoms with E-state index >= 15 is 0 Å². The van der Waals surface area contributed by atoms with Crippen molar-refractivity contribution >= 4 is 22.9 Å². The van der Waals surface area contributed by atoms with Crippen LogP contribution in [0.3, 0.4) is 0 Å². The molecule has 5 rings (SSSR count). The van der Waals surface area contributed by atoms with Gasteiger partial charge in [-0.25, -0.2) is 4.98 Å². The number of pyridine rings is 2. The van der Waals surface area contributed by atoms with Gasteiger partial charge in [-0.15, -0.1) is 22.0 Å². The number of hydrogen-bond donors (Lipinski definition) is 0. The van der Waals surface area contributed by atoms with Crippen LogP contribution in [-0.4, -0.2) is 41.6 Å². The first-order chi connectivity index (χ1) is 16.6. The van der Waals surface area contributed by atoms with Gasteiger partial charge >= 0.3 is 12.1 Å². The van der Waals surface area contributed by atoms with E-state index in [1.165, 1.54) is 21.9 Å². The van der Waals surface area contributed by atoms with Gasteiger partial charge in [0.15, 0.2) is 11.5 Å². The van der Waals surface area contributed by atoms with Crippen LogP contribution in [0.15, 0.2) is 41.7 Å². The van der Waals surface area contributed by atoms with Gasteiger partial charge in [0.2, 0.25) is 0 Å². The van der Waals surface area contributed by atoms with Gasteiger partial charge in [0.25, 0.3) is 0 Å². The molecule has 35 heavy (non-hydrogen) atoms. The van der Waals surface area contributed by atoms with Crippen molar-refractivity contribution in [3.05, 3.63) is 48.0 Å². The molecule has 0 atom stereocenters. The van der Waals surface area contributed by atoms with E-state index in [0.29, 0.717) is 17.7 Å². The predicted octanol–water partition coefficient (Wildman–Crippen LogP) is 6.13. The summed E-state index contributed by atoms with van der Waals surface area (Å²) in [7, 11) is 1.58. The number of hydrogen-bond acceptors (Lipinski definition) is 6. The molecule has 0 bridgehead atoms. The Hall–Kier alpha value is -3.15. The first-order valence-corrected chi connectivity index (χ1v) is 11.8. The minimum Gasteiger partial charge on any atom is -0.309 e. The van der Waals surface area contributed by atoms with Crippen molar-refractivity contribution in [2.24, 2.45) is 7.05 Å². The van der Waals surface area contributed by atoms with E-state index < -0.39 is 17.8 Å². The maximum Gasteiger partial charge on any atom is 0.459 e. The summed E-state index contributed by atoms with van der Waals surface area (Å²) in [6, 6.07) is 4.68. The highest BCUT2D eigenvalue weighted by molar-refractivity contribution is 7.99. The first kappa shape index (κ1) is 23.6. The highest BCUT2D eigenvalue weighted by Crippen LogP contribution is 2.44. The number of aromatic nitrogens is 6. The molecule has 0 amide bonds. The lowest BCUT2D eigenvalue weighted by Gasteiger charge is -2.17. The average Bonchev–Trinajstić information content (AvgIpc) is 3.63. The maximum absolute atomic E-state index is 13.8. The highest BCUT2D eigenvalue weighted by atomic mass is 32.2. The Morgan fingerprint density at radius 2 is 1.74 bits per heavy atom. The Morgan fingerprint density at radius 1 is 1.00 bits per heavy atom. The van der Waals surface area contributed by atoms with Gasteiger partial charge in [-0.2, -0.15) is 22.0 Å². The number of thioether (sulfide) groups is 1. The van der Waals surface area contributed by atoms with Gasteiger partial charge in [-0.05, 0) is 48.3 Å². The molecule has 1 aliphatic rings. The van der Waals surface area contributed by atoms with Crippen LogP contribution in [0.25, 0.3) is 33.8 Å². The Kier molecular flexibility index (Phi) is 5.73. The molecule has 0 radical (unpaired) electrons. The molecule has 1 fully saturated rings. The lowest BCUT2D eigenvalue weighted by atomic mass is 10.1. The average molecular weight is 507 g/mol. The fraction of sp³-hybridized carbons (Fsp3) is 0.348. The molecule has 4 aromatic rings. The number of aryl methyl sites for hydroxylation is 1. The van der Waals surface area contributed by atoms with Crippen molar-refractivity contribution in [1.29, 1.82) is 0 Å². The summed E-state index contributed by atoms with van der Waals surface area (Å²) in [4.78, 5) is 14.0. The quantitative estimate of drug-likeness (QED) is 0.231. The minimum absolute atomic E-state index is 0.0707. The molecular weight excluding hydrogens is 487 g/mol. The van der Waals surface area contributed by atoms with Crippen molar-refractivity contribution in [1.82, 2.24) is 29.7 Å². The Labute approximate surface area is 201 Å². The smallest absolute Gasteiger partial charge is 0.309 e. The zero-order chi connectivity index (χ0) is 25.0. The lowest BCUT2D eigenvalue weighted by Crippen LogP contribution is -2.34. The van der Waals surface area contributed by atoms with E-state index in [4.69, 9.17) is 0 Å². The van der Waals surface area contributed by atoms with Crippen LogP contribution < -0.4 is 0 Å². The highest BCUT2D eigenvalue weighted by Gasteiger charge is 2.60. The molecule has 0 aromatic carbocycles. The van der Waals surface area contributed by atoms with E-state index in [2.05, 4.69) is 31.2 Å². The van der Waals surface area contributed by atoms with Gasteiger partial charge in [0.1, 0.15) is 16.9 Å². The van der Waals surface area contributed by atoms with E-state index in [-0.39, 0.29) is 17.0 Å². The normalized spacial score (nSPS) is 14.6. The summed E-state index contributed by atoms with van der Waals surface area (Å²) in [6.45, 7) is 1.97. The molecule has 4 heterocycles. The minimum atomic E-state index is -5.79. The fourth-order valence-corrected chi connectivity index (χ4v) is 4.59. The first-order valence-electron chi connectivity index (χ1n) is 10.8. The van der Waals surface area contributed by atoms with Crippen LogP contribution in [0.2, 0.25) is 0 Å². The fourth-order valence-electron chi connectivity index (χ4n) is 3.79. The molecule has 0 spiro atoms. The monoisotopic (exact) mass is 506 g/mol. The molecule has 0 aliphatic heterocycles. The van der Waals surface area contributed by atoms with Crippen molar-refractivity contribution in [3.63, 3.8) is 0 Å². The number of halogens is 5. The molecule has 0 N–H and O–H groups in total. The summed E-state index contributed by atoms with van der Waals surface area (Å²) < 4.78 is 67.5. The third kappa shape index (κ3) is 4.24. The number of imidazole rings is 1.